The van der Waals surface area contributed by atoms with Gasteiger partial charge in [-0.25, -0.2) is 9.37 Å². The highest BCUT2D eigenvalue weighted by molar-refractivity contribution is 6.03. The molecule has 2 rings (SSSR count). The lowest BCUT2D eigenvalue weighted by atomic mass is 10.2. The molecule has 0 saturated carbocycles. The van der Waals surface area contributed by atoms with Crippen molar-refractivity contribution >= 4 is 17.5 Å². The third-order valence-electron chi connectivity index (χ3n) is 2.56. The zero-order chi connectivity index (χ0) is 14.0. The molecule has 0 fully saturated rings. The van der Waals surface area contributed by atoms with Crippen LogP contribution in [-0.2, 0) is 0 Å². The summed E-state index contributed by atoms with van der Waals surface area (Å²) >= 11 is 0. The van der Waals surface area contributed by atoms with E-state index in [0.717, 1.165) is 6.07 Å². The van der Waals surface area contributed by atoms with Gasteiger partial charge in [0.1, 0.15) is 5.82 Å². The van der Waals surface area contributed by atoms with Crippen LogP contribution in [0.1, 0.15) is 21.7 Å². The van der Waals surface area contributed by atoms with E-state index in [1.807, 2.05) is 0 Å². The molecule has 1 aromatic heterocycles. The van der Waals surface area contributed by atoms with Crippen LogP contribution in [0.15, 0.2) is 18.2 Å². The van der Waals surface area contributed by atoms with Gasteiger partial charge in [-0.15, -0.1) is 5.10 Å². The largest absolute Gasteiger partial charge is 0.399 e. The molecule has 0 saturated heterocycles. The number of hydrogen-bond acceptors (Lipinski definition) is 5. The quantitative estimate of drug-likeness (QED) is 0.798. The zero-order valence-corrected chi connectivity index (χ0v) is 10.4. The standard InChI is InChI=1S/C12H12FN5O/c1-6-7(2)17-18-12(15-6)16-11(19)9-4-3-8(14)5-10(9)13/h3-5H,14H2,1-2H3,(H,15,16,18,19). The van der Waals surface area contributed by atoms with Gasteiger partial charge in [-0.05, 0) is 32.0 Å². The predicted molar refractivity (Wildman–Crippen MR) is 68.1 cm³/mol. The number of halogens is 1. The average Bonchev–Trinajstić information content (AvgIpc) is 2.33. The van der Waals surface area contributed by atoms with Gasteiger partial charge in [0.15, 0.2) is 0 Å². The van der Waals surface area contributed by atoms with Crippen LogP contribution in [0.5, 0.6) is 0 Å². The summed E-state index contributed by atoms with van der Waals surface area (Å²) in [7, 11) is 0. The second kappa shape index (κ2) is 4.97. The number of carbonyl (C=O) groups excluding carboxylic acids is 1. The van der Waals surface area contributed by atoms with E-state index in [4.69, 9.17) is 5.73 Å². The van der Waals surface area contributed by atoms with E-state index >= 15 is 0 Å². The number of hydrogen-bond donors (Lipinski definition) is 2. The fraction of sp³-hybridized carbons (Fsp3) is 0.167. The van der Waals surface area contributed by atoms with Gasteiger partial charge in [-0.2, -0.15) is 5.10 Å². The third kappa shape index (κ3) is 2.82. The first-order valence-corrected chi connectivity index (χ1v) is 5.51. The summed E-state index contributed by atoms with van der Waals surface area (Å²) < 4.78 is 13.5. The Hall–Kier alpha value is -2.57. The minimum Gasteiger partial charge on any atom is -0.399 e. The molecule has 1 heterocycles. The van der Waals surface area contributed by atoms with Crippen LogP contribution in [0.25, 0.3) is 0 Å². The Balaban J connectivity index is 2.23. The number of anilines is 2. The number of nitrogens with one attached hydrogen (secondary N) is 1. The Morgan fingerprint density at radius 1 is 1.26 bits per heavy atom. The minimum absolute atomic E-state index is 0.0318. The van der Waals surface area contributed by atoms with E-state index in [9.17, 15) is 9.18 Å². The number of nitrogens with two attached hydrogens (primary N) is 1. The van der Waals surface area contributed by atoms with Crippen LogP contribution < -0.4 is 11.1 Å². The van der Waals surface area contributed by atoms with E-state index in [0.29, 0.717) is 11.4 Å². The molecule has 0 aliphatic rings. The number of rotatable bonds is 2. The Morgan fingerprint density at radius 3 is 2.63 bits per heavy atom. The summed E-state index contributed by atoms with van der Waals surface area (Å²) in [5.41, 5.74) is 6.84. The highest BCUT2D eigenvalue weighted by atomic mass is 19.1. The van der Waals surface area contributed by atoms with Crippen LogP contribution in [0.4, 0.5) is 16.0 Å². The van der Waals surface area contributed by atoms with Crippen molar-refractivity contribution in [2.45, 2.75) is 13.8 Å². The molecule has 1 amide bonds. The second-order valence-corrected chi connectivity index (χ2v) is 4.00. The molecule has 2 aromatic rings. The topological polar surface area (TPSA) is 93.8 Å². The number of aromatic nitrogens is 3. The van der Waals surface area contributed by atoms with Gasteiger partial charge in [-0.3, -0.25) is 10.1 Å². The Labute approximate surface area is 108 Å². The molecule has 1 aromatic carbocycles. The highest BCUT2D eigenvalue weighted by Crippen LogP contribution is 2.13. The van der Waals surface area contributed by atoms with Crippen molar-refractivity contribution in [2.24, 2.45) is 0 Å². The third-order valence-corrected chi connectivity index (χ3v) is 2.56. The molecule has 0 aliphatic carbocycles. The summed E-state index contributed by atoms with van der Waals surface area (Å²) in [4.78, 5) is 15.9. The maximum Gasteiger partial charge on any atom is 0.261 e. The smallest absolute Gasteiger partial charge is 0.261 e. The second-order valence-electron chi connectivity index (χ2n) is 4.00. The van der Waals surface area contributed by atoms with Gasteiger partial charge in [-0.1, -0.05) is 0 Å². The lowest BCUT2D eigenvalue weighted by molar-refractivity contribution is 0.102. The Bertz CT molecular complexity index is 644. The van der Waals surface area contributed by atoms with Gasteiger partial charge in [0, 0.05) is 5.69 Å². The number of aryl methyl sites for hydroxylation is 2. The van der Waals surface area contributed by atoms with Crippen molar-refractivity contribution in [3.8, 4) is 0 Å². The van der Waals surface area contributed by atoms with Crippen molar-refractivity contribution in [1.29, 1.82) is 0 Å². The SMILES string of the molecule is Cc1nnc(NC(=O)c2ccc(N)cc2F)nc1C. The maximum absolute atomic E-state index is 13.5. The lowest BCUT2D eigenvalue weighted by Crippen LogP contribution is -2.17. The van der Waals surface area contributed by atoms with E-state index in [-0.39, 0.29) is 17.2 Å². The molecule has 3 N–H and O–H groups in total. The summed E-state index contributed by atoms with van der Waals surface area (Å²) in [6.45, 7) is 3.49. The van der Waals surface area contributed by atoms with Gasteiger partial charge in [0.25, 0.3) is 5.91 Å². The van der Waals surface area contributed by atoms with Crippen molar-refractivity contribution in [3.05, 3.63) is 41.0 Å². The normalized spacial score (nSPS) is 10.3. The summed E-state index contributed by atoms with van der Waals surface area (Å²) in [6.07, 6.45) is 0. The van der Waals surface area contributed by atoms with E-state index in [1.54, 1.807) is 13.8 Å². The summed E-state index contributed by atoms with van der Waals surface area (Å²) in [5.74, 6) is -1.32. The van der Waals surface area contributed by atoms with Gasteiger partial charge >= 0.3 is 0 Å². The van der Waals surface area contributed by atoms with Crippen LogP contribution in [-0.4, -0.2) is 21.1 Å². The van der Waals surface area contributed by atoms with Crippen molar-refractivity contribution in [1.82, 2.24) is 15.2 Å². The molecular weight excluding hydrogens is 249 g/mol. The van der Waals surface area contributed by atoms with E-state index in [2.05, 4.69) is 20.5 Å². The minimum atomic E-state index is -0.700. The Morgan fingerprint density at radius 2 is 2.00 bits per heavy atom. The molecule has 19 heavy (non-hydrogen) atoms. The number of benzene rings is 1. The Kier molecular flexibility index (Phi) is 3.37. The van der Waals surface area contributed by atoms with Crippen LogP contribution in [0.3, 0.4) is 0 Å². The van der Waals surface area contributed by atoms with E-state index in [1.165, 1.54) is 12.1 Å². The predicted octanol–water partition coefficient (Wildman–Crippen LogP) is 1.46. The molecular formula is C12H12FN5O. The zero-order valence-electron chi connectivity index (χ0n) is 10.4. The molecule has 0 unspecified atom stereocenters. The van der Waals surface area contributed by atoms with Crippen LogP contribution in [0, 0.1) is 19.7 Å². The molecule has 98 valence electrons. The number of carbonyl (C=O) groups is 1. The first-order valence-electron chi connectivity index (χ1n) is 5.51. The first kappa shape index (κ1) is 12.9. The number of amides is 1. The van der Waals surface area contributed by atoms with Crippen LogP contribution >= 0.6 is 0 Å². The van der Waals surface area contributed by atoms with Gasteiger partial charge < -0.3 is 5.73 Å². The van der Waals surface area contributed by atoms with Crippen molar-refractivity contribution < 1.29 is 9.18 Å². The average molecular weight is 261 g/mol. The summed E-state index contributed by atoms with van der Waals surface area (Å²) in [6, 6.07) is 3.82. The number of nitrogens with zero attached hydrogens (tertiary/aromatic N) is 3. The molecule has 6 nitrogen and oxygen atoms in total. The fourth-order valence-corrected chi connectivity index (χ4v) is 1.39. The van der Waals surface area contributed by atoms with Crippen LogP contribution in [0.2, 0.25) is 0 Å². The number of nitrogen functional groups attached to an aromatic ring is 1. The van der Waals surface area contributed by atoms with E-state index < -0.39 is 11.7 Å². The molecule has 0 atom stereocenters. The molecule has 0 aliphatic heterocycles. The molecule has 0 spiro atoms. The highest BCUT2D eigenvalue weighted by Gasteiger charge is 2.13. The molecule has 0 bridgehead atoms. The summed E-state index contributed by atoms with van der Waals surface area (Å²) in [5, 5.41) is 9.91. The lowest BCUT2D eigenvalue weighted by Gasteiger charge is -2.06. The van der Waals surface area contributed by atoms with Crippen molar-refractivity contribution in [3.63, 3.8) is 0 Å². The van der Waals surface area contributed by atoms with Gasteiger partial charge in [0.2, 0.25) is 5.95 Å². The molecule has 7 heteroatoms. The van der Waals surface area contributed by atoms with Gasteiger partial charge in [0.05, 0.1) is 17.0 Å². The monoisotopic (exact) mass is 261 g/mol. The fourth-order valence-electron chi connectivity index (χ4n) is 1.39. The molecule has 0 radical (unpaired) electrons. The first-order chi connectivity index (χ1) is 8.97. The van der Waals surface area contributed by atoms with Crippen molar-refractivity contribution in [2.75, 3.05) is 11.1 Å². The maximum atomic E-state index is 13.5.